The Morgan fingerprint density at radius 3 is 2.58 bits per heavy atom. The number of anilines is 1. The molecule has 1 amide bonds. The average molecular weight is 392 g/mol. The molecule has 2 aromatic rings. The van der Waals surface area contributed by atoms with E-state index in [1.165, 1.54) is 12.1 Å². The standard InChI is InChI=1S/C18H15BrFNO3/c19-13-5-8-17(15(20)10-13)24-11-16(22)12-3-6-14(7-4-12)21-9-1-2-18(21)23/h3-8,10H,1-2,9,11H2. The maximum absolute atomic E-state index is 13.7. The summed E-state index contributed by atoms with van der Waals surface area (Å²) in [6.45, 7) is 0.457. The second kappa shape index (κ2) is 7.13. The molecule has 124 valence electrons. The van der Waals surface area contributed by atoms with Gasteiger partial charge in [0, 0.05) is 28.7 Å². The molecule has 2 aromatic carbocycles. The third kappa shape index (κ3) is 3.64. The molecule has 0 saturated carbocycles. The van der Waals surface area contributed by atoms with Gasteiger partial charge in [-0.05, 0) is 48.9 Å². The van der Waals surface area contributed by atoms with E-state index in [9.17, 15) is 14.0 Å². The lowest BCUT2D eigenvalue weighted by atomic mass is 10.1. The zero-order valence-corrected chi connectivity index (χ0v) is 14.4. The van der Waals surface area contributed by atoms with Gasteiger partial charge in [0.15, 0.2) is 24.0 Å². The molecule has 6 heteroatoms. The second-order valence-corrected chi connectivity index (χ2v) is 6.40. The van der Waals surface area contributed by atoms with Crippen LogP contribution in [0.4, 0.5) is 10.1 Å². The van der Waals surface area contributed by atoms with E-state index in [0.29, 0.717) is 23.0 Å². The van der Waals surface area contributed by atoms with Crippen molar-refractivity contribution in [3.8, 4) is 5.75 Å². The number of carbonyl (C=O) groups is 2. The Balaban J connectivity index is 1.63. The van der Waals surface area contributed by atoms with E-state index in [4.69, 9.17) is 4.74 Å². The largest absolute Gasteiger partial charge is 0.482 e. The van der Waals surface area contributed by atoms with Crippen molar-refractivity contribution < 1.29 is 18.7 Å². The summed E-state index contributed by atoms with van der Waals surface area (Å²) >= 11 is 3.16. The monoisotopic (exact) mass is 391 g/mol. The predicted molar refractivity (Wildman–Crippen MR) is 92.0 cm³/mol. The first-order valence-electron chi connectivity index (χ1n) is 7.56. The van der Waals surface area contributed by atoms with Gasteiger partial charge in [-0.2, -0.15) is 0 Å². The van der Waals surface area contributed by atoms with Gasteiger partial charge in [0.05, 0.1) is 0 Å². The molecule has 4 nitrogen and oxygen atoms in total. The number of amides is 1. The Hall–Kier alpha value is -2.21. The van der Waals surface area contributed by atoms with E-state index in [1.807, 2.05) is 0 Å². The van der Waals surface area contributed by atoms with Gasteiger partial charge >= 0.3 is 0 Å². The molecule has 1 heterocycles. The molecule has 0 atom stereocenters. The van der Waals surface area contributed by atoms with Crippen molar-refractivity contribution in [2.45, 2.75) is 12.8 Å². The molecule has 1 fully saturated rings. The van der Waals surface area contributed by atoms with Gasteiger partial charge in [-0.3, -0.25) is 9.59 Å². The van der Waals surface area contributed by atoms with Crippen LogP contribution in [0.3, 0.4) is 0 Å². The lowest BCUT2D eigenvalue weighted by Gasteiger charge is -2.15. The topological polar surface area (TPSA) is 46.6 Å². The molecule has 0 radical (unpaired) electrons. The van der Waals surface area contributed by atoms with Gasteiger partial charge in [-0.1, -0.05) is 15.9 Å². The highest BCUT2D eigenvalue weighted by Crippen LogP contribution is 2.23. The van der Waals surface area contributed by atoms with Gasteiger partial charge in [0.2, 0.25) is 5.91 Å². The molecule has 3 rings (SSSR count). The minimum Gasteiger partial charge on any atom is -0.482 e. The van der Waals surface area contributed by atoms with Crippen LogP contribution in [0.1, 0.15) is 23.2 Å². The SMILES string of the molecule is O=C(COc1ccc(Br)cc1F)c1ccc(N2CCCC2=O)cc1. The molecule has 0 aromatic heterocycles. The second-order valence-electron chi connectivity index (χ2n) is 5.48. The van der Waals surface area contributed by atoms with Crippen LogP contribution in [0.2, 0.25) is 0 Å². The van der Waals surface area contributed by atoms with E-state index < -0.39 is 5.82 Å². The summed E-state index contributed by atoms with van der Waals surface area (Å²) in [6, 6.07) is 11.2. The first kappa shape index (κ1) is 16.6. The summed E-state index contributed by atoms with van der Waals surface area (Å²) in [5.41, 5.74) is 1.25. The number of halogens is 2. The van der Waals surface area contributed by atoms with Crippen LogP contribution >= 0.6 is 15.9 Å². The van der Waals surface area contributed by atoms with Gasteiger partial charge in [0.25, 0.3) is 0 Å². The number of hydrogen-bond acceptors (Lipinski definition) is 3. The summed E-state index contributed by atoms with van der Waals surface area (Å²) < 4.78 is 19.5. The van der Waals surface area contributed by atoms with Crippen molar-refractivity contribution in [3.63, 3.8) is 0 Å². The summed E-state index contributed by atoms with van der Waals surface area (Å²) in [5.74, 6) is -0.648. The van der Waals surface area contributed by atoms with Crippen molar-refractivity contribution in [3.05, 3.63) is 58.3 Å². The summed E-state index contributed by atoms with van der Waals surface area (Å²) in [4.78, 5) is 25.6. The number of ketones is 1. The maximum Gasteiger partial charge on any atom is 0.227 e. The van der Waals surface area contributed by atoms with Gasteiger partial charge in [-0.25, -0.2) is 4.39 Å². The first-order valence-corrected chi connectivity index (χ1v) is 8.35. The van der Waals surface area contributed by atoms with Crippen molar-refractivity contribution in [1.82, 2.24) is 0 Å². The molecule has 0 N–H and O–H groups in total. The summed E-state index contributed by atoms with van der Waals surface area (Å²) in [6.07, 6.45) is 1.42. The predicted octanol–water partition coefficient (Wildman–Crippen LogP) is 3.98. The molecule has 0 unspecified atom stereocenters. The van der Waals surface area contributed by atoms with Crippen LogP contribution in [0.5, 0.6) is 5.75 Å². The summed E-state index contributed by atoms with van der Waals surface area (Å²) in [5, 5.41) is 0. The fourth-order valence-electron chi connectivity index (χ4n) is 2.57. The highest BCUT2D eigenvalue weighted by molar-refractivity contribution is 9.10. The van der Waals surface area contributed by atoms with E-state index in [0.717, 1.165) is 12.1 Å². The van der Waals surface area contributed by atoms with Crippen molar-refractivity contribution in [2.75, 3.05) is 18.1 Å². The van der Waals surface area contributed by atoms with E-state index in [1.54, 1.807) is 35.2 Å². The Bertz CT molecular complexity index is 776. The minimum absolute atomic E-state index is 0.0332. The quantitative estimate of drug-likeness (QED) is 0.724. The van der Waals surface area contributed by atoms with E-state index in [-0.39, 0.29) is 24.0 Å². The Kier molecular flexibility index (Phi) is 4.94. The fourth-order valence-corrected chi connectivity index (χ4v) is 2.90. The first-order chi connectivity index (χ1) is 11.5. The van der Waals surface area contributed by atoms with Crippen molar-refractivity contribution in [1.29, 1.82) is 0 Å². The highest BCUT2D eigenvalue weighted by atomic mass is 79.9. The van der Waals surface area contributed by atoms with Gasteiger partial charge in [-0.15, -0.1) is 0 Å². The average Bonchev–Trinajstić information content (AvgIpc) is 3.00. The minimum atomic E-state index is -0.528. The third-order valence-corrected chi connectivity index (χ3v) is 4.32. The van der Waals surface area contributed by atoms with Crippen LogP contribution < -0.4 is 9.64 Å². The van der Waals surface area contributed by atoms with Crippen LogP contribution in [-0.2, 0) is 4.79 Å². The molecular weight excluding hydrogens is 377 g/mol. The van der Waals surface area contributed by atoms with Crippen LogP contribution in [0.15, 0.2) is 46.9 Å². The number of rotatable bonds is 5. The zero-order valence-electron chi connectivity index (χ0n) is 12.8. The Labute approximate surface area is 147 Å². The maximum atomic E-state index is 13.7. The fraction of sp³-hybridized carbons (Fsp3) is 0.222. The highest BCUT2D eigenvalue weighted by Gasteiger charge is 2.21. The number of hydrogen-bond donors (Lipinski definition) is 0. The summed E-state index contributed by atoms with van der Waals surface area (Å²) in [7, 11) is 0. The lowest BCUT2D eigenvalue weighted by Crippen LogP contribution is -2.23. The molecule has 0 aliphatic carbocycles. The van der Waals surface area contributed by atoms with Gasteiger partial charge < -0.3 is 9.64 Å². The molecular formula is C18H15BrFNO3. The molecule has 0 spiro atoms. The lowest BCUT2D eigenvalue weighted by molar-refractivity contribution is -0.117. The molecule has 1 saturated heterocycles. The number of carbonyl (C=O) groups excluding carboxylic acids is 2. The Morgan fingerprint density at radius 2 is 1.96 bits per heavy atom. The Morgan fingerprint density at radius 1 is 1.21 bits per heavy atom. The van der Waals surface area contributed by atoms with E-state index in [2.05, 4.69) is 15.9 Å². The smallest absolute Gasteiger partial charge is 0.227 e. The van der Waals surface area contributed by atoms with Crippen LogP contribution in [0.25, 0.3) is 0 Å². The zero-order chi connectivity index (χ0) is 17.1. The van der Waals surface area contributed by atoms with Crippen LogP contribution in [-0.4, -0.2) is 24.8 Å². The van der Waals surface area contributed by atoms with Crippen molar-refractivity contribution >= 4 is 33.3 Å². The number of nitrogens with zero attached hydrogens (tertiary/aromatic N) is 1. The normalized spacial score (nSPS) is 14.1. The molecule has 1 aliphatic rings. The van der Waals surface area contributed by atoms with E-state index >= 15 is 0 Å². The number of Topliss-reactive ketones (excluding diaryl/α,β-unsaturated/α-hetero) is 1. The molecule has 24 heavy (non-hydrogen) atoms. The number of ether oxygens (including phenoxy) is 1. The van der Waals surface area contributed by atoms with Gasteiger partial charge in [0.1, 0.15) is 0 Å². The molecule has 1 aliphatic heterocycles. The number of benzene rings is 2. The van der Waals surface area contributed by atoms with Crippen molar-refractivity contribution in [2.24, 2.45) is 0 Å². The third-order valence-electron chi connectivity index (χ3n) is 3.83. The van der Waals surface area contributed by atoms with Crippen LogP contribution in [0, 0.1) is 5.82 Å². The molecule has 0 bridgehead atoms.